The molecule has 8 nitrogen and oxygen atoms in total. The van der Waals surface area contributed by atoms with E-state index in [2.05, 4.69) is 0 Å². The summed E-state index contributed by atoms with van der Waals surface area (Å²) in [6.45, 7) is 3.74. The Morgan fingerprint density at radius 3 is 2.48 bits per heavy atom. The normalized spacial score (nSPS) is 18.6. The van der Waals surface area contributed by atoms with Gasteiger partial charge in [0.05, 0.1) is 12.8 Å². The Bertz CT molecular complexity index is 740. The summed E-state index contributed by atoms with van der Waals surface area (Å²) >= 11 is 0. The van der Waals surface area contributed by atoms with Crippen LogP contribution in [0, 0.1) is 13.8 Å². The van der Waals surface area contributed by atoms with Crippen molar-refractivity contribution in [2.45, 2.75) is 26.7 Å². The van der Waals surface area contributed by atoms with Gasteiger partial charge >= 0.3 is 12.0 Å². The number of carboxylic acids is 1. The van der Waals surface area contributed by atoms with Crippen molar-refractivity contribution in [3.05, 3.63) is 41.7 Å². The first kappa shape index (κ1) is 20.6. The molecule has 2 rings (SSSR count). The number of methoxy groups -OCH3 is 1. The van der Waals surface area contributed by atoms with E-state index in [1.165, 1.54) is 18.2 Å². The molecule has 1 heterocycles. The lowest BCUT2D eigenvalue weighted by Gasteiger charge is -2.31. The second kappa shape index (κ2) is 8.79. The molecule has 1 unspecified atom stereocenters. The van der Waals surface area contributed by atoms with Gasteiger partial charge in [-0.3, -0.25) is 0 Å². The van der Waals surface area contributed by atoms with Gasteiger partial charge in [-0.15, -0.1) is 0 Å². The molecule has 0 N–H and O–H groups in total. The number of carbonyl (C=O) groups is 3. The predicted octanol–water partition coefficient (Wildman–Crippen LogP) is 1.19. The number of rotatable bonds is 7. The first-order valence-corrected chi connectivity index (χ1v) is 8.61. The molecule has 1 aliphatic heterocycles. The zero-order chi connectivity index (χ0) is 20.0. The fourth-order valence-corrected chi connectivity index (χ4v) is 3.21. The van der Waals surface area contributed by atoms with Crippen LogP contribution in [-0.4, -0.2) is 49.9 Å². The fraction of sp³-hybridized carbons (Fsp3) is 0.421. The Morgan fingerprint density at radius 1 is 1.22 bits per heavy atom. The largest absolute Gasteiger partial charge is 0.550 e. The summed E-state index contributed by atoms with van der Waals surface area (Å²) < 4.78 is 9.96. The van der Waals surface area contributed by atoms with Crippen LogP contribution in [0.1, 0.15) is 24.0 Å². The molecule has 1 aliphatic rings. The van der Waals surface area contributed by atoms with E-state index in [4.69, 9.17) is 9.47 Å². The number of hydrogen-bond acceptors (Lipinski definition) is 6. The number of nitrogens with zero attached hydrogens (tertiary/aromatic N) is 2. The van der Waals surface area contributed by atoms with Crippen LogP contribution in [-0.2, 0) is 19.1 Å². The summed E-state index contributed by atoms with van der Waals surface area (Å²) in [5.74, 6) is -1.40. The maximum atomic E-state index is 12.9. The molecule has 0 spiro atoms. The molecule has 0 aliphatic carbocycles. The minimum Gasteiger partial charge on any atom is -0.550 e. The van der Waals surface area contributed by atoms with Crippen LogP contribution in [0.5, 0.6) is 0 Å². The summed E-state index contributed by atoms with van der Waals surface area (Å²) in [6, 6.07) is 5.74. The van der Waals surface area contributed by atoms with Gasteiger partial charge in [0, 0.05) is 24.2 Å². The lowest BCUT2D eigenvalue weighted by Crippen LogP contribution is -2.54. The maximum absolute atomic E-state index is 12.9. The van der Waals surface area contributed by atoms with Gasteiger partial charge < -0.3 is 19.4 Å². The molecule has 0 fully saturated rings. The molecule has 0 aromatic heterocycles. The first-order valence-electron chi connectivity index (χ1n) is 8.61. The molecule has 1 atom stereocenters. The first-order chi connectivity index (χ1) is 12.8. The lowest BCUT2D eigenvalue weighted by molar-refractivity contribution is -0.305. The smallest absolute Gasteiger partial charge is 0.418 e. The number of para-hydroxylation sites is 1. The quantitative estimate of drug-likeness (QED) is 0.524. The van der Waals surface area contributed by atoms with Crippen LogP contribution in [0.15, 0.2) is 30.6 Å². The van der Waals surface area contributed by atoms with E-state index in [0.29, 0.717) is 0 Å². The van der Waals surface area contributed by atoms with E-state index in [-0.39, 0.29) is 43.1 Å². The van der Waals surface area contributed by atoms with Crippen LogP contribution in [0.2, 0.25) is 0 Å². The highest BCUT2D eigenvalue weighted by atomic mass is 16.6. The SMILES string of the molecule is COCC(=O)[N+]1(c2c(C)cccc2C)C=CN(C(=O)OCCCC(=O)[O-])C1. The average molecular weight is 376 g/mol. The number of aliphatic carboxylic acids is 1. The van der Waals surface area contributed by atoms with Crippen molar-refractivity contribution in [2.75, 3.05) is 27.0 Å². The van der Waals surface area contributed by atoms with E-state index in [9.17, 15) is 19.5 Å². The van der Waals surface area contributed by atoms with E-state index >= 15 is 0 Å². The minimum absolute atomic E-state index is 0.0352. The Morgan fingerprint density at radius 2 is 1.89 bits per heavy atom. The van der Waals surface area contributed by atoms with E-state index < -0.39 is 12.1 Å². The van der Waals surface area contributed by atoms with Crippen molar-refractivity contribution in [1.29, 1.82) is 0 Å². The van der Waals surface area contributed by atoms with Gasteiger partial charge in [0.1, 0.15) is 6.20 Å². The third-order valence-corrected chi connectivity index (χ3v) is 4.41. The summed E-state index contributed by atoms with van der Waals surface area (Å²) in [5.41, 5.74) is 2.64. The molecule has 27 heavy (non-hydrogen) atoms. The highest BCUT2D eigenvalue weighted by Crippen LogP contribution is 2.35. The summed E-state index contributed by atoms with van der Waals surface area (Å²) in [7, 11) is 1.45. The molecule has 0 radical (unpaired) electrons. The standard InChI is InChI=1S/C19H24N2O6/c1-14-6-4-7-15(2)18(14)21(16(22)12-26-3)10-9-20(13-21)19(25)27-11-5-8-17(23)24/h4,6-7,9-10H,5,8,11-13H2,1-3H3. The van der Waals surface area contributed by atoms with E-state index in [0.717, 1.165) is 16.8 Å². The zero-order valence-corrected chi connectivity index (χ0v) is 15.8. The number of quaternary nitrogens is 1. The molecule has 1 aromatic carbocycles. The van der Waals surface area contributed by atoms with Crippen molar-refractivity contribution >= 4 is 23.7 Å². The molecule has 1 aromatic rings. The molecule has 0 saturated carbocycles. The average Bonchev–Trinajstić information content (AvgIpc) is 3.05. The van der Waals surface area contributed by atoms with Crippen LogP contribution in [0.25, 0.3) is 0 Å². The van der Waals surface area contributed by atoms with Crippen LogP contribution in [0.3, 0.4) is 0 Å². The van der Waals surface area contributed by atoms with Gasteiger partial charge in [-0.2, -0.15) is 4.48 Å². The summed E-state index contributed by atoms with van der Waals surface area (Å²) in [6.07, 6.45) is 2.52. The van der Waals surface area contributed by atoms with Crippen LogP contribution < -0.4 is 9.59 Å². The molecular weight excluding hydrogens is 352 g/mol. The molecule has 146 valence electrons. The maximum Gasteiger partial charge on any atom is 0.418 e. The van der Waals surface area contributed by atoms with Crippen LogP contribution in [0.4, 0.5) is 10.5 Å². The van der Waals surface area contributed by atoms with Crippen molar-refractivity contribution in [1.82, 2.24) is 9.38 Å². The van der Waals surface area contributed by atoms with Crippen molar-refractivity contribution in [3.63, 3.8) is 0 Å². The van der Waals surface area contributed by atoms with Gasteiger partial charge in [0.2, 0.25) is 0 Å². The lowest BCUT2D eigenvalue weighted by atomic mass is 10.1. The highest BCUT2D eigenvalue weighted by Gasteiger charge is 2.46. The van der Waals surface area contributed by atoms with E-state index in [1.807, 2.05) is 32.0 Å². The number of hydrogen-bond donors (Lipinski definition) is 0. The zero-order valence-electron chi connectivity index (χ0n) is 15.8. The van der Waals surface area contributed by atoms with Gasteiger partial charge in [-0.1, -0.05) is 18.2 Å². The number of carbonyl (C=O) groups excluding carboxylic acids is 3. The molecule has 0 saturated heterocycles. The van der Waals surface area contributed by atoms with Crippen molar-refractivity contribution in [2.24, 2.45) is 0 Å². The summed E-state index contributed by atoms with van der Waals surface area (Å²) in [4.78, 5) is 36.9. The van der Waals surface area contributed by atoms with E-state index in [1.54, 1.807) is 6.20 Å². The number of amides is 2. The predicted molar refractivity (Wildman–Crippen MR) is 96.0 cm³/mol. The number of carboxylic acid groups (broad SMARTS) is 1. The molecule has 8 heteroatoms. The second-order valence-electron chi connectivity index (χ2n) is 6.44. The third-order valence-electron chi connectivity index (χ3n) is 4.41. The monoisotopic (exact) mass is 376 g/mol. The van der Waals surface area contributed by atoms with Gasteiger partial charge in [0.15, 0.2) is 19.0 Å². The topological polar surface area (TPSA) is 96.0 Å². The highest BCUT2D eigenvalue weighted by molar-refractivity contribution is 5.93. The van der Waals surface area contributed by atoms with Gasteiger partial charge in [-0.25, -0.2) is 14.5 Å². The number of benzene rings is 1. The third kappa shape index (κ3) is 4.53. The molecule has 0 bridgehead atoms. The number of aryl methyl sites for hydroxylation is 2. The van der Waals surface area contributed by atoms with Gasteiger partial charge in [-0.05, 0) is 26.7 Å². The Kier molecular flexibility index (Phi) is 6.70. The van der Waals surface area contributed by atoms with Crippen LogP contribution >= 0.6 is 0 Å². The fourth-order valence-electron chi connectivity index (χ4n) is 3.21. The minimum atomic E-state index is -1.19. The molecule has 2 amide bonds. The van der Waals surface area contributed by atoms with Crippen molar-refractivity contribution < 1.29 is 29.0 Å². The number of ether oxygens (including phenoxy) is 2. The van der Waals surface area contributed by atoms with Crippen molar-refractivity contribution in [3.8, 4) is 0 Å². The Labute approximate surface area is 158 Å². The molecular formula is C19H24N2O6. The Hall–Kier alpha value is -2.71. The second-order valence-corrected chi connectivity index (χ2v) is 6.44. The Balaban J connectivity index is 2.21. The summed E-state index contributed by atoms with van der Waals surface area (Å²) in [5, 5.41) is 10.4. The van der Waals surface area contributed by atoms with Gasteiger partial charge in [0.25, 0.3) is 0 Å².